The van der Waals surface area contributed by atoms with E-state index in [1.807, 2.05) is 6.92 Å². The topological polar surface area (TPSA) is 35.6 Å². The number of hydrogen-bond donors (Lipinski definition) is 1. The molecule has 2 aromatic carbocycles. The average Bonchev–Trinajstić information content (AvgIpc) is 2.64. The van der Waals surface area contributed by atoms with E-state index >= 15 is 0 Å². The first-order chi connectivity index (χ1) is 13.3. The van der Waals surface area contributed by atoms with Gasteiger partial charge in [0.1, 0.15) is 0 Å². The molecule has 1 N–H and O–H groups in total. The molecule has 28 heavy (non-hydrogen) atoms. The van der Waals surface area contributed by atoms with E-state index in [4.69, 9.17) is 0 Å². The quantitative estimate of drug-likeness (QED) is 0.851. The molecule has 4 nitrogen and oxygen atoms in total. The maximum absolute atomic E-state index is 12.8. The summed E-state index contributed by atoms with van der Waals surface area (Å²) in [6.07, 6.45) is 0. The number of anilines is 1. The fourth-order valence-electron chi connectivity index (χ4n) is 4.15. The van der Waals surface area contributed by atoms with E-state index in [9.17, 15) is 4.79 Å². The molecule has 1 amide bonds. The maximum Gasteiger partial charge on any atom is 0.241 e. The molecule has 0 spiro atoms. The molecule has 0 aromatic heterocycles. The average molecular weight is 380 g/mol. The standard InChI is InChI=1S/C24H33N3O/c1-17-7-6-8-22(15-17)16-26-9-11-27(12-10-26)21(5)24(28)25-23-19(3)13-18(2)14-20(23)4/h6-8,13-15,21H,9-12,16H2,1-5H3,(H,25,28)/t21-/m1/s1. The lowest BCUT2D eigenvalue weighted by Crippen LogP contribution is -2.52. The van der Waals surface area contributed by atoms with Gasteiger partial charge in [0.05, 0.1) is 6.04 Å². The van der Waals surface area contributed by atoms with Gasteiger partial charge in [-0.05, 0) is 51.3 Å². The van der Waals surface area contributed by atoms with Crippen LogP contribution < -0.4 is 5.32 Å². The van der Waals surface area contributed by atoms with Gasteiger partial charge in [0.15, 0.2) is 0 Å². The normalized spacial score (nSPS) is 16.8. The van der Waals surface area contributed by atoms with Crippen LogP contribution in [-0.2, 0) is 11.3 Å². The van der Waals surface area contributed by atoms with Crippen LogP contribution in [0.3, 0.4) is 0 Å². The molecule has 0 bridgehead atoms. The van der Waals surface area contributed by atoms with Gasteiger partial charge in [0.25, 0.3) is 0 Å². The van der Waals surface area contributed by atoms with Gasteiger partial charge < -0.3 is 5.32 Å². The minimum atomic E-state index is -0.124. The number of benzene rings is 2. The van der Waals surface area contributed by atoms with Crippen LogP contribution in [0, 0.1) is 27.7 Å². The number of carbonyl (C=O) groups excluding carboxylic acids is 1. The number of nitrogens with zero attached hydrogens (tertiary/aromatic N) is 2. The predicted octanol–water partition coefficient (Wildman–Crippen LogP) is 4.07. The van der Waals surface area contributed by atoms with Crippen molar-refractivity contribution in [1.29, 1.82) is 0 Å². The van der Waals surface area contributed by atoms with Gasteiger partial charge in [0, 0.05) is 38.4 Å². The molecule has 1 fully saturated rings. The van der Waals surface area contributed by atoms with E-state index < -0.39 is 0 Å². The van der Waals surface area contributed by atoms with Crippen molar-refractivity contribution < 1.29 is 4.79 Å². The van der Waals surface area contributed by atoms with Gasteiger partial charge >= 0.3 is 0 Å². The summed E-state index contributed by atoms with van der Waals surface area (Å²) in [4.78, 5) is 17.6. The Balaban J connectivity index is 1.54. The summed E-state index contributed by atoms with van der Waals surface area (Å²) in [7, 11) is 0. The smallest absolute Gasteiger partial charge is 0.241 e. The molecular formula is C24H33N3O. The molecule has 1 aliphatic rings. The van der Waals surface area contributed by atoms with Gasteiger partial charge in [-0.25, -0.2) is 0 Å². The van der Waals surface area contributed by atoms with E-state index in [0.29, 0.717) is 0 Å². The molecule has 0 saturated carbocycles. The van der Waals surface area contributed by atoms with E-state index in [-0.39, 0.29) is 11.9 Å². The van der Waals surface area contributed by atoms with Crippen LogP contribution in [-0.4, -0.2) is 47.9 Å². The zero-order chi connectivity index (χ0) is 20.3. The second kappa shape index (κ2) is 8.89. The number of piperazine rings is 1. The van der Waals surface area contributed by atoms with Gasteiger partial charge in [0.2, 0.25) is 5.91 Å². The molecule has 4 heteroatoms. The Labute approximate surface area is 169 Å². The number of aryl methyl sites for hydroxylation is 4. The fraction of sp³-hybridized carbons (Fsp3) is 0.458. The maximum atomic E-state index is 12.8. The molecule has 1 atom stereocenters. The fourth-order valence-corrected chi connectivity index (χ4v) is 4.15. The van der Waals surface area contributed by atoms with Crippen molar-refractivity contribution in [2.24, 2.45) is 0 Å². The lowest BCUT2D eigenvalue weighted by Gasteiger charge is -2.37. The lowest BCUT2D eigenvalue weighted by atomic mass is 10.0. The zero-order valence-electron chi connectivity index (χ0n) is 17.9. The van der Waals surface area contributed by atoms with Gasteiger partial charge in [-0.3, -0.25) is 14.6 Å². The molecule has 1 saturated heterocycles. The van der Waals surface area contributed by atoms with Crippen LogP contribution in [0.15, 0.2) is 36.4 Å². The van der Waals surface area contributed by atoms with E-state index in [1.165, 1.54) is 16.7 Å². The summed E-state index contributed by atoms with van der Waals surface area (Å²) >= 11 is 0. The number of hydrogen-bond acceptors (Lipinski definition) is 3. The lowest BCUT2D eigenvalue weighted by molar-refractivity contribution is -0.121. The Bertz CT molecular complexity index is 814. The van der Waals surface area contributed by atoms with E-state index in [2.05, 4.69) is 79.2 Å². The van der Waals surface area contributed by atoms with Crippen LogP contribution in [0.2, 0.25) is 0 Å². The summed E-state index contributed by atoms with van der Waals surface area (Å²) in [5, 5.41) is 3.17. The molecule has 0 unspecified atom stereocenters. The van der Waals surface area contributed by atoms with Crippen LogP contribution >= 0.6 is 0 Å². The summed E-state index contributed by atoms with van der Waals surface area (Å²) in [6, 6.07) is 12.8. The molecule has 3 rings (SSSR count). The first-order valence-corrected chi connectivity index (χ1v) is 10.2. The SMILES string of the molecule is Cc1cccc(CN2CCN([C@H](C)C(=O)Nc3c(C)cc(C)cc3C)CC2)c1. The third kappa shape index (κ3) is 5.00. The Hall–Kier alpha value is -2.17. The van der Waals surface area contributed by atoms with Gasteiger partial charge in [-0.15, -0.1) is 0 Å². The second-order valence-corrected chi connectivity index (χ2v) is 8.24. The van der Waals surface area contributed by atoms with Crippen molar-refractivity contribution >= 4 is 11.6 Å². The molecule has 1 heterocycles. The highest BCUT2D eigenvalue weighted by molar-refractivity contribution is 5.96. The van der Waals surface area contributed by atoms with E-state index in [1.54, 1.807) is 0 Å². The number of carbonyl (C=O) groups is 1. The summed E-state index contributed by atoms with van der Waals surface area (Å²) in [5.41, 5.74) is 7.11. The van der Waals surface area contributed by atoms with Crippen molar-refractivity contribution in [1.82, 2.24) is 9.80 Å². The molecule has 0 aliphatic carbocycles. The van der Waals surface area contributed by atoms with Crippen molar-refractivity contribution in [3.63, 3.8) is 0 Å². The van der Waals surface area contributed by atoms with Crippen LogP contribution in [0.25, 0.3) is 0 Å². The first-order valence-electron chi connectivity index (χ1n) is 10.2. The highest BCUT2D eigenvalue weighted by atomic mass is 16.2. The minimum Gasteiger partial charge on any atom is -0.324 e. The summed E-state index contributed by atoms with van der Waals surface area (Å²) in [5.74, 6) is 0.0854. The zero-order valence-corrected chi connectivity index (χ0v) is 17.9. The second-order valence-electron chi connectivity index (χ2n) is 8.24. The van der Waals surface area contributed by atoms with Crippen molar-refractivity contribution in [3.8, 4) is 0 Å². The molecular weight excluding hydrogens is 346 g/mol. The Kier molecular flexibility index (Phi) is 6.53. The monoisotopic (exact) mass is 379 g/mol. The minimum absolute atomic E-state index is 0.0854. The number of rotatable bonds is 5. The molecule has 2 aromatic rings. The van der Waals surface area contributed by atoms with Gasteiger partial charge in [-0.1, -0.05) is 47.5 Å². The molecule has 150 valence electrons. The highest BCUT2D eigenvalue weighted by Gasteiger charge is 2.26. The molecule has 0 radical (unpaired) electrons. The third-order valence-corrected chi connectivity index (χ3v) is 5.75. The summed E-state index contributed by atoms with van der Waals surface area (Å²) < 4.78 is 0. The number of amides is 1. The summed E-state index contributed by atoms with van der Waals surface area (Å²) in [6.45, 7) is 15.2. The Morgan fingerprint density at radius 3 is 2.21 bits per heavy atom. The highest BCUT2D eigenvalue weighted by Crippen LogP contribution is 2.22. The van der Waals surface area contributed by atoms with Crippen LogP contribution in [0.1, 0.15) is 34.7 Å². The molecule has 1 aliphatic heterocycles. The van der Waals surface area contributed by atoms with Crippen molar-refractivity contribution in [2.75, 3.05) is 31.5 Å². The van der Waals surface area contributed by atoms with Gasteiger partial charge in [-0.2, -0.15) is 0 Å². The Morgan fingerprint density at radius 1 is 0.964 bits per heavy atom. The Morgan fingerprint density at radius 2 is 1.61 bits per heavy atom. The van der Waals surface area contributed by atoms with Crippen LogP contribution in [0.5, 0.6) is 0 Å². The number of nitrogens with one attached hydrogen (secondary N) is 1. The predicted molar refractivity (Wildman–Crippen MR) is 117 cm³/mol. The first kappa shape index (κ1) is 20.6. The third-order valence-electron chi connectivity index (χ3n) is 5.75. The largest absolute Gasteiger partial charge is 0.324 e. The van der Waals surface area contributed by atoms with Crippen molar-refractivity contribution in [2.45, 2.75) is 47.2 Å². The van der Waals surface area contributed by atoms with Crippen LogP contribution in [0.4, 0.5) is 5.69 Å². The van der Waals surface area contributed by atoms with Crippen molar-refractivity contribution in [3.05, 3.63) is 64.2 Å². The van der Waals surface area contributed by atoms with E-state index in [0.717, 1.165) is 49.5 Å².